The average molecular weight is 303 g/mol. The molecule has 0 atom stereocenters. The third-order valence-corrected chi connectivity index (χ3v) is 4.21. The van der Waals surface area contributed by atoms with Crippen molar-refractivity contribution in [2.24, 2.45) is 5.10 Å². The van der Waals surface area contributed by atoms with Crippen LogP contribution in [0.4, 0.5) is 4.79 Å². The number of hydrazone groups is 1. The maximum atomic E-state index is 12.5. The van der Waals surface area contributed by atoms with Crippen LogP contribution in [0.2, 0.25) is 0 Å². The van der Waals surface area contributed by atoms with Crippen molar-refractivity contribution in [3.05, 3.63) is 23.8 Å². The number of nitrogens with one attached hydrogen (secondary N) is 1. The minimum atomic E-state index is -0.826. The summed E-state index contributed by atoms with van der Waals surface area (Å²) in [5.41, 5.74) is -0.599. The number of carbonyl (C=O) groups excluding carboxylic acids is 2. The zero-order chi connectivity index (χ0) is 15.7. The van der Waals surface area contributed by atoms with Crippen LogP contribution in [0.3, 0.4) is 0 Å². The number of carbonyl (C=O) groups is 2. The fourth-order valence-electron chi connectivity index (χ4n) is 2.98. The molecule has 7 heteroatoms. The summed E-state index contributed by atoms with van der Waals surface area (Å²) in [6, 6.07) is 3.83. The quantitative estimate of drug-likeness (QED) is 0.439. The van der Waals surface area contributed by atoms with Gasteiger partial charge in [-0.05, 0) is 25.0 Å². The monoisotopic (exact) mass is 303 g/mol. The number of nitrogens with zero attached hydrogens (tertiary/aromatic N) is 2. The molecule has 1 spiro atoms. The first-order valence-electron chi connectivity index (χ1n) is 7.25. The summed E-state index contributed by atoms with van der Waals surface area (Å²) >= 11 is 0. The SMILES string of the molecule is O=C1NC2(CCCCC2)C(=O)N1N=Cc1cccc(O)c1O. The van der Waals surface area contributed by atoms with E-state index in [0.29, 0.717) is 12.8 Å². The lowest BCUT2D eigenvalue weighted by Crippen LogP contribution is -2.48. The van der Waals surface area contributed by atoms with Crippen LogP contribution in [0, 0.1) is 0 Å². The fourth-order valence-corrected chi connectivity index (χ4v) is 2.98. The minimum absolute atomic E-state index is 0.227. The fraction of sp³-hybridized carbons (Fsp3) is 0.400. The molecule has 0 aromatic heterocycles. The first-order chi connectivity index (χ1) is 10.5. The predicted molar refractivity (Wildman–Crippen MR) is 78.6 cm³/mol. The highest BCUT2D eigenvalue weighted by Crippen LogP contribution is 2.34. The normalized spacial score (nSPS) is 20.8. The molecular formula is C15H17N3O4. The van der Waals surface area contributed by atoms with Gasteiger partial charge in [0.25, 0.3) is 5.91 Å². The van der Waals surface area contributed by atoms with Crippen LogP contribution in [0.15, 0.2) is 23.3 Å². The molecule has 2 fully saturated rings. The number of para-hydroxylation sites is 1. The van der Waals surface area contributed by atoms with Gasteiger partial charge in [0.15, 0.2) is 11.5 Å². The van der Waals surface area contributed by atoms with E-state index < -0.39 is 11.6 Å². The highest BCUT2D eigenvalue weighted by Gasteiger charge is 2.51. The van der Waals surface area contributed by atoms with E-state index in [4.69, 9.17) is 0 Å². The summed E-state index contributed by atoms with van der Waals surface area (Å²) in [6.45, 7) is 0. The van der Waals surface area contributed by atoms with Crippen LogP contribution in [0.5, 0.6) is 11.5 Å². The van der Waals surface area contributed by atoms with Gasteiger partial charge in [0.2, 0.25) is 0 Å². The van der Waals surface area contributed by atoms with Crippen molar-refractivity contribution < 1.29 is 19.8 Å². The number of urea groups is 1. The van der Waals surface area contributed by atoms with E-state index in [-0.39, 0.29) is 23.0 Å². The summed E-state index contributed by atoms with van der Waals surface area (Å²) in [5, 5.41) is 26.5. The second-order valence-electron chi connectivity index (χ2n) is 5.65. The van der Waals surface area contributed by atoms with Crippen molar-refractivity contribution >= 4 is 18.2 Å². The van der Waals surface area contributed by atoms with Crippen molar-refractivity contribution in [3.8, 4) is 11.5 Å². The molecule has 116 valence electrons. The molecule has 1 aromatic carbocycles. The zero-order valence-electron chi connectivity index (χ0n) is 12.0. The van der Waals surface area contributed by atoms with E-state index in [2.05, 4.69) is 10.4 Å². The van der Waals surface area contributed by atoms with Crippen LogP contribution in [-0.2, 0) is 4.79 Å². The van der Waals surface area contributed by atoms with Gasteiger partial charge in [0.1, 0.15) is 5.54 Å². The number of hydrogen-bond donors (Lipinski definition) is 3. The summed E-state index contributed by atoms with van der Waals surface area (Å²) in [6.07, 6.45) is 5.30. The third kappa shape index (κ3) is 2.28. The summed E-state index contributed by atoms with van der Waals surface area (Å²) < 4.78 is 0. The van der Waals surface area contributed by atoms with E-state index in [1.807, 2.05) is 0 Å². The summed E-state index contributed by atoms with van der Waals surface area (Å²) in [7, 11) is 0. The van der Waals surface area contributed by atoms with Crippen LogP contribution in [-0.4, -0.2) is 38.9 Å². The highest BCUT2D eigenvalue weighted by molar-refractivity contribution is 6.07. The van der Waals surface area contributed by atoms with Crippen molar-refractivity contribution in [2.75, 3.05) is 0 Å². The van der Waals surface area contributed by atoms with Gasteiger partial charge in [0.05, 0.1) is 6.21 Å². The Hall–Kier alpha value is -2.57. The van der Waals surface area contributed by atoms with E-state index in [0.717, 1.165) is 24.3 Å². The first-order valence-corrected chi connectivity index (χ1v) is 7.25. The number of imide groups is 1. The lowest BCUT2D eigenvalue weighted by Gasteiger charge is -2.29. The molecule has 1 aromatic rings. The largest absolute Gasteiger partial charge is 0.504 e. The van der Waals surface area contributed by atoms with E-state index in [9.17, 15) is 19.8 Å². The van der Waals surface area contributed by atoms with E-state index in [1.54, 1.807) is 0 Å². The van der Waals surface area contributed by atoms with Crippen LogP contribution >= 0.6 is 0 Å². The molecule has 1 saturated heterocycles. The maximum absolute atomic E-state index is 12.5. The Balaban J connectivity index is 1.83. The Morgan fingerprint density at radius 2 is 1.91 bits per heavy atom. The maximum Gasteiger partial charge on any atom is 0.346 e. The molecule has 2 aliphatic rings. The summed E-state index contributed by atoms with van der Waals surface area (Å²) in [5.74, 6) is -0.983. The molecule has 1 aliphatic carbocycles. The van der Waals surface area contributed by atoms with E-state index in [1.165, 1.54) is 24.4 Å². The molecule has 22 heavy (non-hydrogen) atoms. The van der Waals surface area contributed by atoms with Gasteiger partial charge in [-0.1, -0.05) is 25.3 Å². The van der Waals surface area contributed by atoms with Crippen LogP contribution in [0.25, 0.3) is 0 Å². The number of benzene rings is 1. The molecule has 1 aliphatic heterocycles. The second kappa shape index (κ2) is 5.32. The lowest BCUT2D eigenvalue weighted by molar-refractivity contribution is -0.132. The van der Waals surface area contributed by atoms with Gasteiger partial charge in [-0.3, -0.25) is 4.79 Å². The molecule has 3 rings (SSSR count). The number of hydrogen-bond acceptors (Lipinski definition) is 5. The van der Waals surface area contributed by atoms with Gasteiger partial charge >= 0.3 is 6.03 Å². The Morgan fingerprint density at radius 1 is 1.18 bits per heavy atom. The molecule has 0 radical (unpaired) electrons. The number of amides is 3. The number of phenolic OH excluding ortho intramolecular Hbond substituents is 2. The molecule has 3 N–H and O–H groups in total. The average Bonchev–Trinajstić information content (AvgIpc) is 2.73. The Morgan fingerprint density at radius 3 is 2.64 bits per heavy atom. The highest BCUT2D eigenvalue weighted by atomic mass is 16.3. The molecular weight excluding hydrogens is 286 g/mol. The van der Waals surface area contributed by atoms with Crippen molar-refractivity contribution in [1.29, 1.82) is 0 Å². The Labute approximate surface area is 127 Å². The van der Waals surface area contributed by atoms with Gasteiger partial charge < -0.3 is 15.5 Å². The smallest absolute Gasteiger partial charge is 0.346 e. The number of phenols is 2. The van der Waals surface area contributed by atoms with Crippen LogP contribution in [0.1, 0.15) is 37.7 Å². The van der Waals surface area contributed by atoms with Crippen molar-refractivity contribution in [2.45, 2.75) is 37.6 Å². The van der Waals surface area contributed by atoms with Gasteiger partial charge in [-0.15, -0.1) is 5.01 Å². The lowest BCUT2D eigenvalue weighted by atomic mass is 9.82. The molecule has 0 bridgehead atoms. The molecule has 3 amide bonds. The number of aromatic hydroxyl groups is 2. The Bertz CT molecular complexity index is 650. The minimum Gasteiger partial charge on any atom is -0.504 e. The third-order valence-electron chi connectivity index (χ3n) is 4.21. The van der Waals surface area contributed by atoms with Crippen LogP contribution < -0.4 is 5.32 Å². The molecule has 1 saturated carbocycles. The summed E-state index contributed by atoms with van der Waals surface area (Å²) in [4.78, 5) is 24.5. The topological polar surface area (TPSA) is 102 Å². The predicted octanol–water partition coefficient (Wildman–Crippen LogP) is 1.69. The first kappa shape index (κ1) is 14.4. The van der Waals surface area contributed by atoms with Crippen molar-refractivity contribution in [1.82, 2.24) is 10.3 Å². The number of rotatable bonds is 2. The molecule has 7 nitrogen and oxygen atoms in total. The van der Waals surface area contributed by atoms with Gasteiger partial charge in [-0.2, -0.15) is 5.10 Å². The zero-order valence-corrected chi connectivity index (χ0v) is 12.0. The van der Waals surface area contributed by atoms with Gasteiger partial charge in [-0.25, -0.2) is 4.79 Å². The molecule has 0 unspecified atom stereocenters. The standard InChI is InChI=1S/C15H17N3O4/c19-11-6-4-5-10(12(11)20)9-16-18-13(21)15(17-14(18)22)7-2-1-3-8-15/h4-6,9,19-20H,1-3,7-8H2,(H,17,22). The van der Waals surface area contributed by atoms with Crippen molar-refractivity contribution in [3.63, 3.8) is 0 Å². The van der Waals surface area contributed by atoms with Gasteiger partial charge in [0, 0.05) is 5.56 Å². The second-order valence-corrected chi connectivity index (χ2v) is 5.65. The van der Waals surface area contributed by atoms with E-state index >= 15 is 0 Å². The molecule has 1 heterocycles. The Kier molecular flexibility index (Phi) is 3.48.